The topological polar surface area (TPSA) is 49.3 Å². The van der Waals surface area contributed by atoms with E-state index >= 15 is 0 Å². The summed E-state index contributed by atoms with van der Waals surface area (Å²) >= 11 is 0.443. The number of hydrogen-bond acceptors (Lipinski definition) is 3. The second-order valence-electron chi connectivity index (χ2n) is 3.90. The minimum atomic E-state index is -2.46. The number of halogens is 2. The Balaban J connectivity index is 2.53. The SMILES string of the molecule is CC(CO)CNC(=O)c1ccc(SC(F)F)cc1. The third-order valence-corrected chi connectivity index (χ3v) is 2.99. The standard InChI is InChI=1S/C12H15F2NO2S/c1-8(7-16)6-15-11(17)9-2-4-10(5-3-9)18-12(13)14/h2-5,8,12,16H,6-7H2,1H3,(H,15,17). The van der Waals surface area contributed by atoms with Crippen LogP contribution in [-0.2, 0) is 0 Å². The van der Waals surface area contributed by atoms with Gasteiger partial charge in [-0.1, -0.05) is 18.7 Å². The predicted octanol–water partition coefficient (Wildman–Crippen LogP) is 2.36. The highest BCUT2D eigenvalue weighted by molar-refractivity contribution is 7.99. The molecule has 0 radical (unpaired) electrons. The molecule has 1 rings (SSSR count). The van der Waals surface area contributed by atoms with Crippen LogP contribution in [0, 0.1) is 5.92 Å². The van der Waals surface area contributed by atoms with E-state index in [0.717, 1.165) is 0 Å². The molecule has 0 saturated heterocycles. The lowest BCUT2D eigenvalue weighted by atomic mass is 10.2. The van der Waals surface area contributed by atoms with E-state index in [1.807, 2.05) is 6.92 Å². The lowest BCUT2D eigenvalue weighted by Gasteiger charge is -2.09. The molecule has 0 bridgehead atoms. The van der Waals surface area contributed by atoms with E-state index in [1.165, 1.54) is 24.3 Å². The Kier molecular flexibility index (Phi) is 6.07. The monoisotopic (exact) mass is 275 g/mol. The summed E-state index contributed by atoms with van der Waals surface area (Å²) in [5, 5.41) is 11.5. The summed E-state index contributed by atoms with van der Waals surface area (Å²) in [6.45, 7) is 2.19. The Bertz CT molecular complexity index is 384. The second kappa shape index (κ2) is 7.33. The number of nitrogens with one attached hydrogen (secondary N) is 1. The minimum absolute atomic E-state index is 0.00421. The Morgan fingerprint density at radius 2 is 2.00 bits per heavy atom. The minimum Gasteiger partial charge on any atom is -0.396 e. The summed E-state index contributed by atoms with van der Waals surface area (Å²) in [6, 6.07) is 5.98. The number of alkyl halides is 2. The van der Waals surface area contributed by atoms with E-state index in [2.05, 4.69) is 5.32 Å². The van der Waals surface area contributed by atoms with Crippen LogP contribution in [0.5, 0.6) is 0 Å². The summed E-state index contributed by atoms with van der Waals surface area (Å²) in [5.41, 5.74) is 0.416. The van der Waals surface area contributed by atoms with E-state index in [9.17, 15) is 13.6 Å². The molecule has 2 N–H and O–H groups in total. The van der Waals surface area contributed by atoms with Crippen LogP contribution in [0.25, 0.3) is 0 Å². The van der Waals surface area contributed by atoms with Crippen molar-refractivity contribution in [3.63, 3.8) is 0 Å². The lowest BCUT2D eigenvalue weighted by Crippen LogP contribution is -2.29. The lowest BCUT2D eigenvalue weighted by molar-refractivity contribution is 0.0942. The Morgan fingerprint density at radius 1 is 1.39 bits per heavy atom. The van der Waals surface area contributed by atoms with Crippen LogP contribution in [0.1, 0.15) is 17.3 Å². The molecule has 0 saturated carbocycles. The molecule has 0 aliphatic carbocycles. The van der Waals surface area contributed by atoms with Crippen molar-refractivity contribution in [3.8, 4) is 0 Å². The molecule has 3 nitrogen and oxygen atoms in total. The molecule has 1 aromatic carbocycles. The van der Waals surface area contributed by atoms with Gasteiger partial charge in [-0.25, -0.2) is 0 Å². The molecule has 1 atom stereocenters. The largest absolute Gasteiger partial charge is 0.396 e. The number of thioether (sulfide) groups is 1. The molecule has 6 heteroatoms. The number of benzene rings is 1. The van der Waals surface area contributed by atoms with Crippen molar-refractivity contribution < 1.29 is 18.7 Å². The van der Waals surface area contributed by atoms with Crippen molar-refractivity contribution in [2.45, 2.75) is 17.6 Å². The third-order valence-electron chi connectivity index (χ3n) is 2.26. The van der Waals surface area contributed by atoms with E-state index in [4.69, 9.17) is 5.11 Å². The first-order valence-electron chi connectivity index (χ1n) is 5.47. The first-order chi connectivity index (χ1) is 8.52. The van der Waals surface area contributed by atoms with Gasteiger partial charge in [0.1, 0.15) is 0 Å². The maximum Gasteiger partial charge on any atom is 0.288 e. The van der Waals surface area contributed by atoms with E-state index in [1.54, 1.807) is 0 Å². The Morgan fingerprint density at radius 3 is 2.50 bits per heavy atom. The van der Waals surface area contributed by atoms with Crippen LogP contribution in [-0.4, -0.2) is 29.9 Å². The van der Waals surface area contributed by atoms with Crippen molar-refractivity contribution in [2.24, 2.45) is 5.92 Å². The van der Waals surface area contributed by atoms with Gasteiger partial charge < -0.3 is 10.4 Å². The van der Waals surface area contributed by atoms with Crippen molar-refractivity contribution in [3.05, 3.63) is 29.8 Å². The van der Waals surface area contributed by atoms with Crippen LogP contribution in [0.2, 0.25) is 0 Å². The first kappa shape index (κ1) is 14.9. The van der Waals surface area contributed by atoms with Gasteiger partial charge in [-0.2, -0.15) is 8.78 Å². The fourth-order valence-corrected chi connectivity index (χ4v) is 1.72. The number of aliphatic hydroxyl groups excluding tert-OH is 1. The summed E-state index contributed by atoms with van der Waals surface area (Å²) in [5.74, 6) is -2.75. The first-order valence-corrected chi connectivity index (χ1v) is 6.35. The summed E-state index contributed by atoms with van der Waals surface area (Å²) < 4.78 is 24.2. The smallest absolute Gasteiger partial charge is 0.288 e. The molecular formula is C12H15F2NO2S. The summed E-state index contributed by atoms with van der Waals surface area (Å²) in [4.78, 5) is 12.1. The van der Waals surface area contributed by atoms with Gasteiger partial charge in [0.25, 0.3) is 11.7 Å². The normalized spacial score (nSPS) is 12.5. The Labute approximate surface area is 109 Å². The van der Waals surface area contributed by atoms with E-state index < -0.39 is 5.76 Å². The van der Waals surface area contributed by atoms with Crippen LogP contribution < -0.4 is 5.32 Å². The maximum atomic E-state index is 12.1. The molecule has 0 aromatic heterocycles. The number of carbonyl (C=O) groups is 1. The van der Waals surface area contributed by atoms with Gasteiger partial charge in [-0.05, 0) is 30.2 Å². The molecule has 1 aromatic rings. The molecule has 100 valence electrons. The van der Waals surface area contributed by atoms with Crippen molar-refractivity contribution in [1.82, 2.24) is 5.32 Å². The maximum absolute atomic E-state index is 12.1. The zero-order chi connectivity index (χ0) is 13.5. The number of amides is 1. The molecule has 0 aliphatic heterocycles. The van der Waals surface area contributed by atoms with Gasteiger partial charge in [0.2, 0.25) is 0 Å². The van der Waals surface area contributed by atoms with Gasteiger partial charge in [0.15, 0.2) is 0 Å². The van der Waals surface area contributed by atoms with Crippen molar-refractivity contribution in [2.75, 3.05) is 13.2 Å². The highest BCUT2D eigenvalue weighted by atomic mass is 32.2. The predicted molar refractivity (Wildman–Crippen MR) is 66.9 cm³/mol. The molecule has 0 aliphatic rings. The fraction of sp³-hybridized carbons (Fsp3) is 0.417. The van der Waals surface area contributed by atoms with Gasteiger partial charge in [0.05, 0.1) is 0 Å². The third kappa shape index (κ3) is 5.01. The highest BCUT2D eigenvalue weighted by Gasteiger charge is 2.09. The number of carbonyl (C=O) groups excluding carboxylic acids is 1. The summed E-state index contributed by atoms with van der Waals surface area (Å²) in [6.07, 6.45) is 0. The Hall–Kier alpha value is -1.14. The van der Waals surface area contributed by atoms with Gasteiger partial charge in [-0.15, -0.1) is 0 Å². The quantitative estimate of drug-likeness (QED) is 0.784. The molecule has 0 spiro atoms. The zero-order valence-electron chi connectivity index (χ0n) is 9.90. The molecule has 18 heavy (non-hydrogen) atoms. The van der Waals surface area contributed by atoms with E-state index in [-0.39, 0.29) is 18.4 Å². The van der Waals surface area contributed by atoms with Crippen molar-refractivity contribution >= 4 is 17.7 Å². The van der Waals surface area contributed by atoms with Gasteiger partial charge in [-0.3, -0.25) is 4.79 Å². The second-order valence-corrected chi connectivity index (χ2v) is 4.96. The van der Waals surface area contributed by atoms with Gasteiger partial charge >= 0.3 is 0 Å². The van der Waals surface area contributed by atoms with Crippen molar-refractivity contribution in [1.29, 1.82) is 0 Å². The van der Waals surface area contributed by atoms with Crippen LogP contribution in [0.3, 0.4) is 0 Å². The molecular weight excluding hydrogens is 260 g/mol. The number of aliphatic hydroxyl groups is 1. The average molecular weight is 275 g/mol. The summed E-state index contributed by atoms with van der Waals surface area (Å²) in [7, 11) is 0. The van der Waals surface area contributed by atoms with Crippen LogP contribution in [0.4, 0.5) is 8.78 Å². The highest BCUT2D eigenvalue weighted by Crippen LogP contribution is 2.25. The number of rotatable bonds is 6. The fourth-order valence-electron chi connectivity index (χ4n) is 1.22. The number of hydrogen-bond donors (Lipinski definition) is 2. The molecule has 1 amide bonds. The average Bonchev–Trinajstić information content (AvgIpc) is 2.35. The molecule has 1 unspecified atom stereocenters. The van der Waals surface area contributed by atoms with Gasteiger partial charge in [0, 0.05) is 23.6 Å². The van der Waals surface area contributed by atoms with E-state index in [0.29, 0.717) is 28.8 Å². The molecule has 0 heterocycles. The zero-order valence-corrected chi connectivity index (χ0v) is 10.7. The van der Waals surface area contributed by atoms with Crippen LogP contribution in [0.15, 0.2) is 29.2 Å². The molecule has 0 fully saturated rings. The van der Waals surface area contributed by atoms with Crippen LogP contribution >= 0.6 is 11.8 Å².